The van der Waals surface area contributed by atoms with Crippen molar-refractivity contribution in [2.24, 2.45) is 0 Å². The number of nitrogen functional groups attached to an aromatic ring is 1. The van der Waals surface area contributed by atoms with E-state index in [0.29, 0.717) is 11.4 Å². The van der Waals surface area contributed by atoms with E-state index >= 15 is 0 Å². The third kappa shape index (κ3) is 2.55. The lowest BCUT2D eigenvalue weighted by Crippen LogP contribution is -2.45. The molecular formula is C12H12N2O4S. The van der Waals surface area contributed by atoms with Gasteiger partial charge in [0, 0.05) is 11.6 Å². The maximum Gasteiger partial charge on any atom is 0.222 e. The predicted octanol–water partition coefficient (Wildman–Crippen LogP) is 1.10. The number of rotatable bonds is 3. The maximum absolute atomic E-state index is 11.1. The summed E-state index contributed by atoms with van der Waals surface area (Å²) in [6.07, 6.45) is -0.261. The van der Waals surface area contributed by atoms with Crippen molar-refractivity contribution in [3.05, 3.63) is 30.3 Å². The van der Waals surface area contributed by atoms with E-state index in [0.717, 1.165) is 5.56 Å². The topological polar surface area (TPSA) is 95.4 Å². The van der Waals surface area contributed by atoms with Crippen LogP contribution in [0, 0.1) is 0 Å². The Morgan fingerprint density at radius 1 is 1.32 bits per heavy atom. The monoisotopic (exact) mass is 280 g/mol. The minimum Gasteiger partial charge on any atom is -0.488 e. The van der Waals surface area contributed by atoms with Crippen molar-refractivity contribution < 1.29 is 17.7 Å². The lowest BCUT2D eigenvalue weighted by molar-refractivity contribution is 0.230. The Hall–Kier alpha value is -2.02. The van der Waals surface area contributed by atoms with E-state index in [1.807, 2.05) is 12.1 Å². The second-order valence-electron chi connectivity index (χ2n) is 4.46. The first kappa shape index (κ1) is 12.0. The summed E-state index contributed by atoms with van der Waals surface area (Å²) in [5, 5.41) is 3.81. The fourth-order valence-corrected chi connectivity index (χ4v) is 3.10. The SMILES string of the molecule is Nc1cc(-c2cccc(OC3CS(=O)(=O)C3)c2)no1. The molecule has 6 nitrogen and oxygen atoms in total. The summed E-state index contributed by atoms with van der Waals surface area (Å²) >= 11 is 0. The van der Waals surface area contributed by atoms with Gasteiger partial charge in [-0.25, -0.2) is 8.42 Å². The molecule has 1 aliphatic rings. The Morgan fingerprint density at radius 2 is 2.11 bits per heavy atom. The maximum atomic E-state index is 11.1. The molecule has 0 radical (unpaired) electrons. The molecule has 1 saturated heterocycles. The largest absolute Gasteiger partial charge is 0.488 e. The Kier molecular flexibility index (Phi) is 2.70. The van der Waals surface area contributed by atoms with Gasteiger partial charge in [0.05, 0.1) is 11.5 Å². The van der Waals surface area contributed by atoms with Gasteiger partial charge >= 0.3 is 0 Å². The highest BCUT2D eigenvalue weighted by Gasteiger charge is 2.35. The third-order valence-electron chi connectivity index (χ3n) is 2.84. The number of hydrogen-bond donors (Lipinski definition) is 1. The van der Waals surface area contributed by atoms with Gasteiger partial charge in [0.1, 0.15) is 17.5 Å². The minimum absolute atomic E-state index is 0.0775. The molecule has 2 aromatic rings. The van der Waals surface area contributed by atoms with Crippen molar-refractivity contribution in [3.63, 3.8) is 0 Å². The van der Waals surface area contributed by atoms with Gasteiger partial charge in [-0.15, -0.1) is 0 Å². The molecule has 0 unspecified atom stereocenters. The summed E-state index contributed by atoms with van der Waals surface area (Å²) in [6.45, 7) is 0. The third-order valence-corrected chi connectivity index (χ3v) is 4.60. The summed E-state index contributed by atoms with van der Waals surface area (Å²) in [5.41, 5.74) is 6.89. The zero-order chi connectivity index (χ0) is 13.5. The molecule has 19 heavy (non-hydrogen) atoms. The summed E-state index contributed by atoms with van der Waals surface area (Å²) in [6, 6.07) is 8.83. The number of nitrogens with zero attached hydrogens (tertiary/aromatic N) is 1. The van der Waals surface area contributed by atoms with Crippen LogP contribution in [0.5, 0.6) is 5.75 Å². The second-order valence-corrected chi connectivity index (χ2v) is 6.61. The standard InChI is InChI=1S/C12H12N2O4S/c13-12-5-11(14-18-12)8-2-1-3-9(4-8)17-10-6-19(15,16)7-10/h1-5,10H,6-7,13H2. The molecule has 2 heterocycles. The predicted molar refractivity (Wildman–Crippen MR) is 69.4 cm³/mol. The van der Waals surface area contributed by atoms with Crippen molar-refractivity contribution in [3.8, 4) is 17.0 Å². The van der Waals surface area contributed by atoms with Crippen LogP contribution in [0.2, 0.25) is 0 Å². The van der Waals surface area contributed by atoms with E-state index < -0.39 is 9.84 Å². The van der Waals surface area contributed by atoms with Gasteiger partial charge in [0.25, 0.3) is 0 Å². The van der Waals surface area contributed by atoms with Gasteiger partial charge in [-0.3, -0.25) is 0 Å². The average molecular weight is 280 g/mol. The molecule has 0 saturated carbocycles. The Balaban J connectivity index is 1.77. The van der Waals surface area contributed by atoms with Crippen LogP contribution in [-0.4, -0.2) is 31.2 Å². The van der Waals surface area contributed by atoms with Gasteiger partial charge in [0.2, 0.25) is 5.88 Å². The number of benzene rings is 1. The van der Waals surface area contributed by atoms with Crippen molar-refractivity contribution in [1.29, 1.82) is 0 Å². The van der Waals surface area contributed by atoms with Crippen LogP contribution in [0.25, 0.3) is 11.3 Å². The Morgan fingerprint density at radius 3 is 2.74 bits per heavy atom. The molecule has 0 bridgehead atoms. The van der Waals surface area contributed by atoms with Gasteiger partial charge < -0.3 is 15.0 Å². The number of sulfone groups is 1. The lowest BCUT2D eigenvalue weighted by atomic mass is 10.1. The molecule has 1 aliphatic heterocycles. The smallest absolute Gasteiger partial charge is 0.222 e. The zero-order valence-electron chi connectivity index (χ0n) is 9.94. The Bertz CT molecular complexity index is 696. The first-order valence-corrected chi connectivity index (χ1v) is 7.54. The summed E-state index contributed by atoms with van der Waals surface area (Å²) in [7, 11) is -2.88. The molecular weight excluding hydrogens is 268 g/mol. The minimum atomic E-state index is -2.88. The number of ether oxygens (including phenoxy) is 1. The van der Waals surface area contributed by atoms with Crippen LogP contribution in [-0.2, 0) is 9.84 Å². The Labute approximate surface area is 110 Å². The van der Waals surface area contributed by atoms with Gasteiger partial charge in [0.15, 0.2) is 9.84 Å². The van der Waals surface area contributed by atoms with E-state index in [-0.39, 0.29) is 23.5 Å². The highest BCUT2D eigenvalue weighted by atomic mass is 32.2. The van der Waals surface area contributed by atoms with Crippen LogP contribution in [0.15, 0.2) is 34.9 Å². The van der Waals surface area contributed by atoms with Gasteiger partial charge in [-0.05, 0) is 12.1 Å². The van der Waals surface area contributed by atoms with Crippen molar-refractivity contribution in [2.45, 2.75) is 6.10 Å². The number of anilines is 1. The quantitative estimate of drug-likeness (QED) is 0.904. The molecule has 100 valence electrons. The summed E-state index contributed by atoms with van der Waals surface area (Å²) in [4.78, 5) is 0. The van der Waals surface area contributed by atoms with Crippen LogP contribution >= 0.6 is 0 Å². The average Bonchev–Trinajstić information content (AvgIpc) is 2.74. The van der Waals surface area contributed by atoms with Crippen molar-refractivity contribution in [2.75, 3.05) is 17.2 Å². The molecule has 1 aromatic carbocycles. The first-order valence-electron chi connectivity index (χ1n) is 5.71. The van der Waals surface area contributed by atoms with E-state index in [1.165, 1.54) is 0 Å². The molecule has 1 fully saturated rings. The van der Waals surface area contributed by atoms with Gasteiger partial charge in [-0.2, -0.15) is 0 Å². The van der Waals surface area contributed by atoms with E-state index in [1.54, 1.807) is 18.2 Å². The lowest BCUT2D eigenvalue weighted by Gasteiger charge is -2.26. The normalized spacial score (nSPS) is 17.9. The fourth-order valence-electron chi connectivity index (χ4n) is 1.93. The molecule has 0 aliphatic carbocycles. The van der Waals surface area contributed by atoms with Gasteiger partial charge in [-0.1, -0.05) is 17.3 Å². The molecule has 0 spiro atoms. The van der Waals surface area contributed by atoms with Crippen LogP contribution in [0.1, 0.15) is 0 Å². The second kappa shape index (κ2) is 4.27. The fraction of sp³-hybridized carbons (Fsp3) is 0.250. The molecule has 0 atom stereocenters. The summed E-state index contributed by atoms with van der Waals surface area (Å²) in [5.74, 6) is 1.01. The number of nitrogens with two attached hydrogens (primary N) is 1. The zero-order valence-corrected chi connectivity index (χ0v) is 10.8. The highest BCUT2D eigenvalue weighted by Crippen LogP contribution is 2.26. The van der Waals surface area contributed by atoms with Crippen molar-refractivity contribution in [1.82, 2.24) is 5.16 Å². The van der Waals surface area contributed by atoms with Crippen LogP contribution in [0.4, 0.5) is 5.88 Å². The van der Waals surface area contributed by atoms with Crippen molar-refractivity contribution >= 4 is 15.7 Å². The van der Waals surface area contributed by atoms with Crippen LogP contribution < -0.4 is 10.5 Å². The highest BCUT2D eigenvalue weighted by molar-refractivity contribution is 7.92. The molecule has 3 rings (SSSR count). The number of aromatic nitrogens is 1. The van der Waals surface area contributed by atoms with E-state index in [4.69, 9.17) is 15.0 Å². The van der Waals surface area contributed by atoms with E-state index in [9.17, 15) is 8.42 Å². The molecule has 1 aromatic heterocycles. The summed E-state index contributed by atoms with van der Waals surface area (Å²) < 4.78 is 32.5. The van der Waals surface area contributed by atoms with Crippen LogP contribution in [0.3, 0.4) is 0 Å². The molecule has 7 heteroatoms. The molecule has 2 N–H and O–H groups in total. The van der Waals surface area contributed by atoms with E-state index in [2.05, 4.69) is 5.16 Å². The molecule has 0 amide bonds. The number of hydrogen-bond acceptors (Lipinski definition) is 6. The first-order chi connectivity index (χ1) is 9.02.